The Bertz CT molecular complexity index is 1460. The molecule has 0 radical (unpaired) electrons. The first-order chi connectivity index (χ1) is 23.5. The van der Waals surface area contributed by atoms with E-state index in [2.05, 4.69) is 46.4 Å². The number of nitrogens with zero attached hydrogens (tertiary/aromatic N) is 2. The molecule has 2 saturated heterocycles. The minimum atomic E-state index is -4.22. The van der Waals surface area contributed by atoms with Gasteiger partial charge in [0.25, 0.3) is 5.91 Å². The van der Waals surface area contributed by atoms with Gasteiger partial charge in [-0.1, -0.05) is 76.9 Å². The van der Waals surface area contributed by atoms with E-state index in [-0.39, 0.29) is 55.8 Å². The molecular formula is C39H53Cl2F3N2O3Si. The number of carbonyl (C=O) groups is 2. The van der Waals surface area contributed by atoms with E-state index in [4.69, 9.17) is 27.6 Å². The van der Waals surface area contributed by atoms with Gasteiger partial charge in [-0.15, -0.1) is 0 Å². The first-order valence-corrected chi connectivity index (χ1v) is 21.3. The first kappa shape index (κ1) is 39.1. The number of rotatable bonds is 10. The molecule has 2 aliphatic heterocycles. The van der Waals surface area contributed by atoms with Crippen LogP contribution in [-0.2, 0) is 15.6 Å². The number of halogens is 5. The molecule has 2 amide bonds. The predicted octanol–water partition coefficient (Wildman–Crippen LogP) is 11.0. The third-order valence-electron chi connectivity index (χ3n) is 11.8. The molecule has 0 N–H and O–H groups in total. The molecule has 2 aromatic carbocycles. The topological polar surface area (TPSA) is 49.9 Å². The van der Waals surface area contributed by atoms with E-state index >= 15 is 0 Å². The number of likely N-dealkylation sites (tertiary alicyclic amines) is 2. The highest BCUT2D eigenvalue weighted by molar-refractivity contribution is 6.77. The van der Waals surface area contributed by atoms with Gasteiger partial charge in [-0.05, 0) is 108 Å². The van der Waals surface area contributed by atoms with Crippen LogP contribution in [0.4, 0.5) is 13.2 Å². The van der Waals surface area contributed by atoms with E-state index in [0.717, 1.165) is 48.9 Å². The van der Waals surface area contributed by atoms with Gasteiger partial charge in [-0.3, -0.25) is 9.59 Å². The van der Waals surface area contributed by atoms with E-state index in [1.807, 2.05) is 24.3 Å². The predicted molar refractivity (Wildman–Crippen MR) is 198 cm³/mol. The lowest BCUT2D eigenvalue weighted by molar-refractivity contribution is -0.183. The second-order valence-corrected chi connectivity index (χ2v) is 21.9. The normalized spacial score (nSPS) is 22.8. The standard InChI is InChI=1S/C39H53Cl2F3N2O3Si/c1-24(2)50(25(3)4,26(5)6)49-36-14-13-32(46-17-7-8-37(46)47)20-30(36)21-33-34(40)22-29(23-35(33)41)27-9-11-28(12-10-27)38(48)45-18-15-31(16-19-45)39(42,43)44/h9-12,22-26,30-32,36H,7-8,13-21H2,1-6H3. The highest BCUT2D eigenvalue weighted by atomic mass is 35.5. The van der Waals surface area contributed by atoms with Crippen LogP contribution in [0.3, 0.4) is 0 Å². The minimum Gasteiger partial charge on any atom is -0.413 e. The zero-order valence-corrected chi connectivity index (χ0v) is 32.8. The Morgan fingerprint density at radius 1 is 0.880 bits per heavy atom. The number of hydrogen-bond acceptors (Lipinski definition) is 3. The maximum atomic E-state index is 13.1. The lowest BCUT2D eigenvalue weighted by Crippen LogP contribution is -2.54. The third kappa shape index (κ3) is 8.26. The summed E-state index contributed by atoms with van der Waals surface area (Å²) in [7, 11) is -2.17. The van der Waals surface area contributed by atoms with Gasteiger partial charge in [-0.2, -0.15) is 13.2 Å². The summed E-state index contributed by atoms with van der Waals surface area (Å²) >= 11 is 14.1. The molecule has 11 heteroatoms. The Hall–Kier alpha value is -2.07. The summed E-state index contributed by atoms with van der Waals surface area (Å²) in [6.45, 7) is 14.9. The Labute approximate surface area is 307 Å². The number of alkyl halides is 3. The summed E-state index contributed by atoms with van der Waals surface area (Å²) in [5, 5.41) is 1.14. The van der Waals surface area contributed by atoms with Crippen molar-refractivity contribution in [2.45, 2.75) is 128 Å². The second kappa shape index (κ2) is 15.9. The fourth-order valence-corrected chi connectivity index (χ4v) is 15.5. The van der Waals surface area contributed by atoms with E-state index < -0.39 is 20.4 Å². The highest BCUT2D eigenvalue weighted by Gasteiger charge is 2.49. The first-order valence-electron chi connectivity index (χ1n) is 18.4. The maximum absolute atomic E-state index is 13.1. The van der Waals surface area contributed by atoms with Gasteiger partial charge < -0.3 is 14.2 Å². The highest BCUT2D eigenvalue weighted by Crippen LogP contribution is 2.47. The van der Waals surface area contributed by atoms with Gasteiger partial charge in [0.1, 0.15) is 0 Å². The zero-order valence-electron chi connectivity index (χ0n) is 30.3. The lowest BCUT2D eigenvalue weighted by Gasteiger charge is -2.49. The van der Waals surface area contributed by atoms with Gasteiger partial charge in [0.2, 0.25) is 14.2 Å². The van der Waals surface area contributed by atoms with Crippen LogP contribution in [0.15, 0.2) is 36.4 Å². The minimum absolute atomic E-state index is 0.0546. The van der Waals surface area contributed by atoms with Crippen molar-refractivity contribution < 1.29 is 27.2 Å². The molecule has 2 aromatic rings. The molecule has 3 aliphatic rings. The summed E-state index contributed by atoms with van der Waals surface area (Å²) in [5.74, 6) is -1.21. The molecule has 5 nitrogen and oxygen atoms in total. The average molecular weight is 754 g/mol. The number of benzene rings is 2. The van der Waals surface area contributed by atoms with E-state index in [1.165, 1.54) is 4.90 Å². The van der Waals surface area contributed by atoms with Crippen molar-refractivity contribution in [3.8, 4) is 11.1 Å². The van der Waals surface area contributed by atoms with Gasteiger partial charge in [0, 0.05) is 53.8 Å². The molecule has 5 rings (SSSR count). The van der Waals surface area contributed by atoms with Crippen LogP contribution in [-0.4, -0.2) is 67.9 Å². The second-order valence-electron chi connectivity index (χ2n) is 15.7. The molecule has 0 aromatic heterocycles. The maximum Gasteiger partial charge on any atom is 0.391 e. The fourth-order valence-electron chi connectivity index (χ4n) is 9.21. The molecule has 276 valence electrons. The van der Waals surface area contributed by atoms with Crippen molar-refractivity contribution >= 4 is 43.3 Å². The number of carbonyl (C=O) groups excluding carboxylic acids is 2. The lowest BCUT2D eigenvalue weighted by atomic mass is 9.79. The molecule has 1 saturated carbocycles. The van der Waals surface area contributed by atoms with Gasteiger partial charge in [-0.25, -0.2) is 0 Å². The van der Waals surface area contributed by atoms with Gasteiger partial charge >= 0.3 is 6.18 Å². The van der Waals surface area contributed by atoms with Gasteiger partial charge in [0.05, 0.1) is 5.92 Å². The quantitative estimate of drug-likeness (QED) is 0.227. The molecule has 50 heavy (non-hydrogen) atoms. The van der Waals surface area contributed by atoms with Crippen LogP contribution in [0.25, 0.3) is 11.1 Å². The molecule has 3 fully saturated rings. The Kier molecular flexibility index (Phi) is 12.4. The Morgan fingerprint density at radius 3 is 1.96 bits per heavy atom. The smallest absolute Gasteiger partial charge is 0.391 e. The van der Waals surface area contributed by atoms with Crippen LogP contribution >= 0.6 is 23.2 Å². The number of hydrogen-bond donors (Lipinski definition) is 0. The zero-order chi connectivity index (χ0) is 36.5. The van der Waals surface area contributed by atoms with Gasteiger partial charge in [0.15, 0.2) is 0 Å². The van der Waals surface area contributed by atoms with Crippen molar-refractivity contribution in [3.05, 3.63) is 57.6 Å². The fraction of sp³-hybridized carbons (Fsp3) is 0.641. The van der Waals surface area contributed by atoms with E-state index in [9.17, 15) is 22.8 Å². The monoisotopic (exact) mass is 752 g/mol. The van der Waals surface area contributed by atoms with Crippen molar-refractivity contribution in [1.82, 2.24) is 9.80 Å². The molecule has 3 unspecified atom stereocenters. The van der Waals surface area contributed by atoms with E-state index in [1.54, 1.807) is 12.1 Å². The van der Waals surface area contributed by atoms with E-state index in [0.29, 0.717) is 45.1 Å². The van der Waals surface area contributed by atoms with Crippen molar-refractivity contribution in [2.75, 3.05) is 19.6 Å². The summed E-state index contributed by atoms with van der Waals surface area (Å²) in [5.41, 5.74) is 4.33. The summed E-state index contributed by atoms with van der Waals surface area (Å²) in [6.07, 6.45) is 0.577. The van der Waals surface area contributed by atoms with Crippen LogP contribution in [0.2, 0.25) is 26.7 Å². The molecule has 3 atom stereocenters. The molecule has 0 bridgehead atoms. The summed E-state index contributed by atoms with van der Waals surface area (Å²) in [6, 6.07) is 11.1. The van der Waals surface area contributed by atoms with Crippen LogP contribution < -0.4 is 0 Å². The Morgan fingerprint density at radius 2 is 1.46 bits per heavy atom. The average Bonchev–Trinajstić information content (AvgIpc) is 3.50. The van der Waals surface area contributed by atoms with Crippen molar-refractivity contribution in [2.24, 2.45) is 11.8 Å². The van der Waals surface area contributed by atoms with Crippen LogP contribution in [0.5, 0.6) is 0 Å². The van der Waals surface area contributed by atoms with Crippen LogP contribution in [0, 0.1) is 11.8 Å². The van der Waals surface area contributed by atoms with Crippen molar-refractivity contribution in [1.29, 1.82) is 0 Å². The third-order valence-corrected chi connectivity index (χ3v) is 18.6. The molecule has 1 aliphatic carbocycles. The number of piperidine rings is 1. The summed E-state index contributed by atoms with van der Waals surface area (Å²) in [4.78, 5) is 29.4. The van der Waals surface area contributed by atoms with Crippen LogP contribution in [0.1, 0.15) is 102 Å². The van der Waals surface area contributed by atoms with Crippen molar-refractivity contribution in [3.63, 3.8) is 0 Å². The Balaban J connectivity index is 1.35. The molecule has 2 heterocycles. The largest absolute Gasteiger partial charge is 0.413 e. The molecule has 0 spiro atoms. The molecular weight excluding hydrogens is 700 g/mol. The SMILES string of the molecule is CC(C)[Si](OC1CCC(N2CCCC2=O)CC1Cc1c(Cl)cc(-c2ccc(C(=O)N3CCC(C(F)(F)F)CC3)cc2)cc1Cl)(C(C)C)C(C)C. The number of amides is 2. The summed E-state index contributed by atoms with van der Waals surface area (Å²) < 4.78 is 46.7.